The number of ether oxygens (including phenoxy) is 1. The predicted octanol–water partition coefficient (Wildman–Crippen LogP) is 3.85. The van der Waals surface area contributed by atoms with Gasteiger partial charge in [-0.3, -0.25) is 4.79 Å². The predicted molar refractivity (Wildman–Crippen MR) is 96.0 cm³/mol. The summed E-state index contributed by atoms with van der Waals surface area (Å²) in [5.74, 6) is 0.334. The maximum Gasteiger partial charge on any atom is 0.306 e. The third kappa shape index (κ3) is 4.45. The van der Waals surface area contributed by atoms with E-state index in [2.05, 4.69) is 72.6 Å². The van der Waals surface area contributed by atoms with Crippen molar-refractivity contribution in [3.8, 4) is 0 Å². The van der Waals surface area contributed by atoms with Crippen molar-refractivity contribution in [2.45, 2.75) is 31.3 Å². The second-order valence-electron chi connectivity index (χ2n) is 6.58. The molecule has 0 N–H and O–H groups in total. The molecule has 0 aliphatic carbocycles. The molecule has 24 heavy (non-hydrogen) atoms. The second-order valence-corrected chi connectivity index (χ2v) is 6.58. The monoisotopic (exact) mass is 323 g/mol. The van der Waals surface area contributed by atoms with Gasteiger partial charge in [0.25, 0.3) is 0 Å². The van der Waals surface area contributed by atoms with Crippen LogP contribution in [-0.2, 0) is 9.53 Å². The van der Waals surface area contributed by atoms with E-state index in [1.165, 1.54) is 11.1 Å². The quantitative estimate of drug-likeness (QED) is 0.725. The fraction of sp³-hybridized carbons (Fsp3) is 0.381. The Hall–Kier alpha value is -2.13. The molecule has 0 radical (unpaired) electrons. The van der Waals surface area contributed by atoms with E-state index < -0.39 is 0 Å². The molecule has 1 fully saturated rings. The Bertz CT molecular complexity index is 602. The lowest BCUT2D eigenvalue weighted by molar-refractivity contribution is -0.141. The number of hydrogen-bond donors (Lipinski definition) is 0. The van der Waals surface area contributed by atoms with Gasteiger partial charge in [0.05, 0.1) is 0 Å². The highest BCUT2D eigenvalue weighted by molar-refractivity contribution is 5.71. The zero-order chi connectivity index (χ0) is 16.8. The standard InChI is InChI=1S/C21H25NO2/c1-22(16-19-12-13-21(23)24-19)15-14-20(17-8-4-2-5-9-17)18-10-6-3-7-11-18/h2-11,19-20H,12-16H2,1H3/t19-/m1/s1. The molecule has 0 spiro atoms. The molecule has 2 aromatic rings. The number of carbonyl (C=O) groups excluding carboxylic acids is 1. The van der Waals surface area contributed by atoms with Gasteiger partial charge < -0.3 is 9.64 Å². The lowest BCUT2D eigenvalue weighted by Crippen LogP contribution is -2.30. The van der Waals surface area contributed by atoms with Crippen LogP contribution in [-0.4, -0.2) is 37.1 Å². The molecule has 2 aromatic carbocycles. The number of hydrogen-bond acceptors (Lipinski definition) is 3. The molecular weight excluding hydrogens is 298 g/mol. The average Bonchev–Trinajstić information content (AvgIpc) is 3.02. The maximum absolute atomic E-state index is 11.2. The topological polar surface area (TPSA) is 29.5 Å². The summed E-state index contributed by atoms with van der Waals surface area (Å²) in [5, 5.41) is 0. The van der Waals surface area contributed by atoms with Crippen molar-refractivity contribution in [1.29, 1.82) is 0 Å². The van der Waals surface area contributed by atoms with E-state index in [4.69, 9.17) is 4.74 Å². The van der Waals surface area contributed by atoms with Crippen LogP contribution in [0.2, 0.25) is 0 Å². The summed E-state index contributed by atoms with van der Waals surface area (Å²) in [6.07, 6.45) is 2.53. The molecule has 3 nitrogen and oxygen atoms in total. The fourth-order valence-corrected chi connectivity index (χ4v) is 3.40. The Morgan fingerprint density at radius 2 is 1.62 bits per heavy atom. The largest absolute Gasteiger partial charge is 0.461 e. The number of esters is 1. The highest BCUT2D eigenvalue weighted by Gasteiger charge is 2.24. The third-order valence-corrected chi connectivity index (χ3v) is 4.69. The molecule has 0 saturated carbocycles. The van der Waals surface area contributed by atoms with Gasteiger partial charge in [0, 0.05) is 18.9 Å². The molecule has 0 aromatic heterocycles. The van der Waals surface area contributed by atoms with Crippen LogP contribution in [0.1, 0.15) is 36.3 Å². The summed E-state index contributed by atoms with van der Waals surface area (Å²) >= 11 is 0. The maximum atomic E-state index is 11.2. The Labute approximate surface area is 144 Å². The van der Waals surface area contributed by atoms with E-state index in [9.17, 15) is 4.79 Å². The van der Waals surface area contributed by atoms with Crippen LogP contribution < -0.4 is 0 Å². The zero-order valence-corrected chi connectivity index (χ0v) is 14.2. The van der Waals surface area contributed by atoms with Gasteiger partial charge >= 0.3 is 5.97 Å². The minimum atomic E-state index is -0.0557. The number of nitrogens with zero attached hydrogens (tertiary/aromatic N) is 1. The van der Waals surface area contributed by atoms with Crippen LogP contribution in [0.25, 0.3) is 0 Å². The normalized spacial score (nSPS) is 17.5. The van der Waals surface area contributed by atoms with E-state index in [0.29, 0.717) is 12.3 Å². The number of likely N-dealkylation sites (N-methyl/N-ethyl adjacent to an activating group) is 1. The van der Waals surface area contributed by atoms with Crippen LogP contribution in [0.5, 0.6) is 0 Å². The minimum absolute atomic E-state index is 0.0557. The number of cyclic esters (lactones) is 1. The Kier molecular flexibility index (Phi) is 5.65. The van der Waals surface area contributed by atoms with Crippen LogP contribution >= 0.6 is 0 Å². The molecule has 1 saturated heterocycles. The van der Waals surface area contributed by atoms with Gasteiger partial charge in [-0.25, -0.2) is 0 Å². The van der Waals surface area contributed by atoms with Gasteiger partial charge in [0.1, 0.15) is 6.10 Å². The summed E-state index contributed by atoms with van der Waals surface area (Å²) in [4.78, 5) is 13.5. The summed E-state index contributed by atoms with van der Waals surface area (Å²) < 4.78 is 5.33. The van der Waals surface area contributed by atoms with E-state index >= 15 is 0 Å². The molecule has 1 heterocycles. The lowest BCUT2D eigenvalue weighted by Gasteiger charge is -2.24. The first-order valence-electron chi connectivity index (χ1n) is 8.70. The van der Waals surface area contributed by atoms with Crippen molar-refractivity contribution in [3.05, 3.63) is 71.8 Å². The van der Waals surface area contributed by atoms with Crippen LogP contribution in [0.15, 0.2) is 60.7 Å². The zero-order valence-electron chi connectivity index (χ0n) is 14.2. The molecule has 3 rings (SSSR count). The molecule has 0 amide bonds. The van der Waals surface area contributed by atoms with Gasteiger partial charge in [-0.1, -0.05) is 60.7 Å². The molecule has 1 atom stereocenters. The number of rotatable bonds is 7. The van der Waals surface area contributed by atoms with Crippen molar-refractivity contribution in [2.75, 3.05) is 20.1 Å². The molecule has 0 bridgehead atoms. The number of benzene rings is 2. The van der Waals surface area contributed by atoms with Crippen LogP contribution in [0.4, 0.5) is 0 Å². The van der Waals surface area contributed by atoms with Crippen molar-refractivity contribution < 1.29 is 9.53 Å². The Morgan fingerprint density at radius 3 is 2.12 bits per heavy atom. The number of carbonyl (C=O) groups is 1. The second kappa shape index (κ2) is 8.11. The van der Waals surface area contributed by atoms with Gasteiger partial charge in [-0.15, -0.1) is 0 Å². The van der Waals surface area contributed by atoms with Crippen LogP contribution in [0, 0.1) is 0 Å². The smallest absolute Gasteiger partial charge is 0.306 e. The Balaban J connectivity index is 1.63. The average molecular weight is 323 g/mol. The molecule has 0 unspecified atom stereocenters. The van der Waals surface area contributed by atoms with Gasteiger partial charge in [0.2, 0.25) is 0 Å². The van der Waals surface area contributed by atoms with Crippen molar-refractivity contribution in [1.82, 2.24) is 4.90 Å². The molecule has 126 valence electrons. The first kappa shape index (κ1) is 16.7. The molecule has 1 aliphatic rings. The summed E-state index contributed by atoms with van der Waals surface area (Å²) in [6, 6.07) is 21.4. The van der Waals surface area contributed by atoms with Gasteiger partial charge in [-0.2, -0.15) is 0 Å². The first-order valence-corrected chi connectivity index (χ1v) is 8.70. The highest BCUT2D eigenvalue weighted by Crippen LogP contribution is 2.28. The SMILES string of the molecule is CN(CCC(c1ccccc1)c1ccccc1)C[C@H]1CCC(=O)O1. The third-order valence-electron chi connectivity index (χ3n) is 4.69. The van der Waals surface area contributed by atoms with Gasteiger partial charge in [-0.05, 0) is 37.6 Å². The fourth-order valence-electron chi connectivity index (χ4n) is 3.40. The summed E-state index contributed by atoms with van der Waals surface area (Å²) in [6.45, 7) is 1.80. The first-order chi connectivity index (χ1) is 11.7. The van der Waals surface area contributed by atoms with E-state index in [1.54, 1.807) is 0 Å². The molecular formula is C21H25NO2. The van der Waals surface area contributed by atoms with Crippen LogP contribution in [0.3, 0.4) is 0 Å². The minimum Gasteiger partial charge on any atom is -0.461 e. The highest BCUT2D eigenvalue weighted by atomic mass is 16.5. The molecule has 3 heteroatoms. The van der Waals surface area contributed by atoms with E-state index in [-0.39, 0.29) is 12.1 Å². The summed E-state index contributed by atoms with van der Waals surface area (Å²) in [5.41, 5.74) is 2.70. The van der Waals surface area contributed by atoms with Crippen molar-refractivity contribution >= 4 is 5.97 Å². The van der Waals surface area contributed by atoms with E-state index in [0.717, 1.165) is 25.9 Å². The lowest BCUT2D eigenvalue weighted by atomic mass is 9.88. The van der Waals surface area contributed by atoms with Gasteiger partial charge in [0.15, 0.2) is 0 Å². The Morgan fingerprint density at radius 1 is 1.04 bits per heavy atom. The molecule has 1 aliphatic heterocycles. The van der Waals surface area contributed by atoms with Crippen molar-refractivity contribution in [3.63, 3.8) is 0 Å². The van der Waals surface area contributed by atoms with Crippen molar-refractivity contribution in [2.24, 2.45) is 0 Å². The van der Waals surface area contributed by atoms with E-state index in [1.807, 2.05) is 0 Å². The summed E-state index contributed by atoms with van der Waals surface area (Å²) in [7, 11) is 2.11.